The summed E-state index contributed by atoms with van der Waals surface area (Å²) in [5, 5.41) is 14.9. The number of likely N-dealkylation sites (tertiary alicyclic amines) is 1. The highest BCUT2D eigenvalue weighted by Gasteiger charge is 2.20. The van der Waals surface area contributed by atoms with Crippen LogP contribution >= 0.6 is 12.2 Å². The van der Waals surface area contributed by atoms with Gasteiger partial charge in [0.15, 0.2) is 5.82 Å². The van der Waals surface area contributed by atoms with Crippen LogP contribution in [-0.4, -0.2) is 50.7 Å². The Labute approximate surface area is 176 Å². The maximum absolute atomic E-state index is 10.0. The summed E-state index contributed by atoms with van der Waals surface area (Å²) in [6.07, 6.45) is 1.56. The van der Waals surface area contributed by atoms with Gasteiger partial charge in [-0.3, -0.25) is 9.47 Å². The average Bonchev–Trinajstić information content (AvgIpc) is 3.05. The van der Waals surface area contributed by atoms with E-state index in [-0.39, 0.29) is 6.10 Å². The van der Waals surface area contributed by atoms with Gasteiger partial charge < -0.3 is 9.84 Å². The van der Waals surface area contributed by atoms with Crippen molar-refractivity contribution >= 4 is 12.2 Å². The minimum atomic E-state index is -0.279. The summed E-state index contributed by atoms with van der Waals surface area (Å²) >= 11 is 5.82. The molecule has 0 amide bonds. The van der Waals surface area contributed by atoms with Gasteiger partial charge in [0.25, 0.3) is 0 Å². The quantitative estimate of drug-likeness (QED) is 0.649. The molecule has 0 unspecified atom stereocenters. The lowest BCUT2D eigenvalue weighted by Gasteiger charge is -2.29. The van der Waals surface area contributed by atoms with Gasteiger partial charge in [0.2, 0.25) is 4.77 Å². The Morgan fingerprint density at radius 2 is 1.86 bits per heavy atom. The molecule has 4 rings (SSSR count). The number of rotatable bonds is 5. The van der Waals surface area contributed by atoms with Crippen LogP contribution in [0.4, 0.5) is 0 Å². The van der Waals surface area contributed by atoms with E-state index < -0.39 is 0 Å². The Hall–Kier alpha value is -2.48. The first kappa shape index (κ1) is 19.8. The Morgan fingerprint density at radius 1 is 1.14 bits per heavy atom. The van der Waals surface area contributed by atoms with Crippen molar-refractivity contribution in [3.05, 3.63) is 58.9 Å². The highest BCUT2D eigenvalue weighted by molar-refractivity contribution is 7.71. The normalized spacial score (nSPS) is 17.4. The Morgan fingerprint density at radius 3 is 2.52 bits per heavy atom. The maximum atomic E-state index is 10.0. The van der Waals surface area contributed by atoms with Crippen molar-refractivity contribution < 1.29 is 9.84 Å². The van der Waals surface area contributed by atoms with Gasteiger partial charge in [-0.05, 0) is 68.4 Å². The SMILES string of the molecule is COc1ccc(-c2nn(CN3CCC[C@H](O)C3)c(=S)n2-c2ccc(C)cc2)cc1. The van der Waals surface area contributed by atoms with Crippen LogP contribution in [0.3, 0.4) is 0 Å². The molecule has 6 nitrogen and oxygen atoms in total. The molecule has 1 N–H and O–H groups in total. The molecule has 2 aromatic carbocycles. The van der Waals surface area contributed by atoms with Crippen molar-refractivity contribution in [2.45, 2.75) is 32.5 Å². The molecule has 0 aliphatic carbocycles. The van der Waals surface area contributed by atoms with E-state index in [4.69, 9.17) is 22.1 Å². The predicted octanol–water partition coefficient (Wildman–Crippen LogP) is 3.80. The van der Waals surface area contributed by atoms with Crippen LogP contribution in [0.25, 0.3) is 17.1 Å². The third-order valence-electron chi connectivity index (χ3n) is 5.29. The number of benzene rings is 2. The van der Waals surface area contributed by atoms with Gasteiger partial charge in [0.1, 0.15) is 5.75 Å². The standard InChI is InChI=1S/C22H26N4O2S/c1-16-5-9-18(10-6-16)26-21(17-7-11-20(28-2)12-8-17)23-25(22(26)29)15-24-13-3-4-19(27)14-24/h5-12,19,27H,3-4,13-15H2,1-2H3/t19-/m0/s1. The van der Waals surface area contributed by atoms with Gasteiger partial charge in [-0.2, -0.15) is 0 Å². The zero-order valence-corrected chi connectivity index (χ0v) is 17.6. The number of piperidine rings is 1. The first-order valence-electron chi connectivity index (χ1n) is 9.87. The van der Waals surface area contributed by atoms with E-state index >= 15 is 0 Å². The molecule has 3 aromatic rings. The second-order valence-corrected chi connectivity index (χ2v) is 7.88. The van der Waals surface area contributed by atoms with Crippen LogP contribution < -0.4 is 4.74 Å². The van der Waals surface area contributed by atoms with Crippen molar-refractivity contribution in [2.75, 3.05) is 20.2 Å². The largest absolute Gasteiger partial charge is 0.497 e. The highest BCUT2D eigenvalue weighted by Crippen LogP contribution is 2.25. The van der Waals surface area contributed by atoms with E-state index in [9.17, 15) is 5.11 Å². The summed E-state index contributed by atoms with van der Waals surface area (Å²) in [6.45, 7) is 4.22. The topological polar surface area (TPSA) is 55.4 Å². The molecule has 1 aliphatic rings. The minimum Gasteiger partial charge on any atom is -0.497 e. The Kier molecular flexibility index (Phi) is 5.80. The van der Waals surface area contributed by atoms with Crippen LogP contribution in [0.15, 0.2) is 48.5 Å². The van der Waals surface area contributed by atoms with Crippen molar-refractivity contribution in [1.29, 1.82) is 0 Å². The number of ether oxygens (including phenoxy) is 1. The second-order valence-electron chi connectivity index (χ2n) is 7.52. The number of aromatic nitrogens is 3. The number of nitrogens with zero attached hydrogens (tertiary/aromatic N) is 4. The first-order valence-corrected chi connectivity index (χ1v) is 10.3. The molecule has 0 saturated carbocycles. The summed E-state index contributed by atoms with van der Waals surface area (Å²) in [7, 11) is 1.66. The number of hydrogen-bond donors (Lipinski definition) is 1. The van der Waals surface area contributed by atoms with E-state index in [1.807, 2.05) is 33.5 Å². The van der Waals surface area contributed by atoms with Crippen LogP contribution in [-0.2, 0) is 6.67 Å². The Bertz CT molecular complexity index is 1020. The molecule has 152 valence electrons. The van der Waals surface area contributed by atoms with Gasteiger partial charge in [-0.15, -0.1) is 5.10 Å². The predicted molar refractivity (Wildman–Crippen MR) is 116 cm³/mol. The maximum Gasteiger partial charge on any atom is 0.204 e. The number of aliphatic hydroxyl groups excluding tert-OH is 1. The number of methoxy groups -OCH3 is 1. The Balaban J connectivity index is 1.77. The summed E-state index contributed by atoms with van der Waals surface area (Å²) in [5.41, 5.74) is 3.15. The average molecular weight is 411 g/mol. The molecule has 2 heterocycles. The molecule has 1 aliphatic heterocycles. The smallest absolute Gasteiger partial charge is 0.204 e. The van der Waals surface area contributed by atoms with Crippen LogP contribution in [0.1, 0.15) is 18.4 Å². The first-order chi connectivity index (χ1) is 14.0. The second kappa shape index (κ2) is 8.49. The molecule has 0 radical (unpaired) electrons. The van der Waals surface area contributed by atoms with Gasteiger partial charge in [0.05, 0.1) is 19.9 Å². The number of β-amino-alcohol motifs (C(OH)–C–C–N with tert-alkyl or cyclic N) is 1. The fourth-order valence-electron chi connectivity index (χ4n) is 3.70. The summed E-state index contributed by atoms with van der Waals surface area (Å²) in [4.78, 5) is 2.20. The molecule has 29 heavy (non-hydrogen) atoms. The number of aryl methyl sites for hydroxylation is 1. The molecular weight excluding hydrogens is 384 g/mol. The summed E-state index contributed by atoms with van der Waals surface area (Å²) in [6, 6.07) is 16.1. The molecule has 1 aromatic heterocycles. The van der Waals surface area contributed by atoms with E-state index in [1.165, 1.54) is 5.56 Å². The molecule has 1 fully saturated rings. The molecule has 0 spiro atoms. The number of aliphatic hydroxyl groups is 1. The summed E-state index contributed by atoms with van der Waals surface area (Å²) < 4.78 is 9.79. The third-order valence-corrected chi connectivity index (χ3v) is 5.69. The number of hydrogen-bond acceptors (Lipinski definition) is 5. The fourth-order valence-corrected chi connectivity index (χ4v) is 3.99. The van der Waals surface area contributed by atoms with Gasteiger partial charge >= 0.3 is 0 Å². The van der Waals surface area contributed by atoms with Crippen molar-refractivity contribution in [3.63, 3.8) is 0 Å². The van der Waals surface area contributed by atoms with Gasteiger partial charge in [-0.25, -0.2) is 4.68 Å². The highest BCUT2D eigenvalue weighted by atomic mass is 32.1. The van der Waals surface area contributed by atoms with E-state index in [0.29, 0.717) is 18.0 Å². The van der Waals surface area contributed by atoms with E-state index in [2.05, 4.69) is 36.1 Å². The van der Waals surface area contributed by atoms with Gasteiger partial charge in [0, 0.05) is 24.3 Å². The zero-order valence-electron chi connectivity index (χ0n) is 16.8. The molecule has 7 heteroatoms. The van der Waals surface area contributed by atoms with Crippen molar-refractivity contribution in [2.24, 2.45) is 0 Å². The molecule has 1 saturated heterocycles. The third kappa shape index (κ3) is 4.27. The van der Waals surface area contributed by atoms with Crippen LogP contribution in [0.5, 0.6) is 5.75 Å². The lowest BCUT2D eigenvalue weighted by Crippen LogP contribution is -2.39. The van der Waals surface area contributed by atoms with Crippen molar-refractivity contribution in [3.8, 4) is 22.8 Å². The molecular formula is C22H26N4O2S. The summed E-state index contributed by atoms with van der Waals surface area (Å²) in [5.74, 6) is 1.59. The minimum absolute atomic E-state index is 0.279. The van der Waals surface area contributed by atoms with Crippen LogP contribution in [0.2, 0.25) is 0 Å². The van der Waals surface area contributed by atoms with Gasteiger partial charge in [-0.1, -0.05) is 17.7 Å². The lowest BCUT2D eigenvalue weighted by atomic mass is 10.1. The van der Waals surface area contributed by atoms with Crippen molar-refractivity contribution in [1.82, 2.24) is 19.2 Å². The van der Waals surface area contributed by atoms with Crippen LogP contribution in [0, 0.1) is 11.7 Å². The van der Waals surface area contributed by atoms with E-state index in [0.717, 1.165) is 42.2 Å². The lowest BCUT2D eigenvalue weighted by molar-refractivity contribution is 0.0513. The fraction of sp³-hybridized carbons (Fsp3) is 0.364. The monoisotopic (exact) mass is 410 g/mol. The molecule has 0 bridgehead atoms. The van der Waals surface area contributed by atoms with E-state index in [1.54, 1.807) is 7.11 Å². The zero-order chi connectivity index (χ0) is 20.4. The molecule has 1 atom stereocenters.